The van der Waals surface area contributed by atoms with Gasteiger partial charge in [0.05, 0.1) is 5.69 Å². The van der Waals surface area contributed by atoms with Crippen molar-refractivity contribution < 1.29 is 4.39 Å². The summed E-state index contributed by atoms with van der Waals surface area (Å²) in [5.74, 6) is 0.478. The van der Waals surface area contributed by atoms with Gasteiger partial charge in [-0.2, -0.15) is 0 Å². The van der Waals surface area contributed by atoms with E-state index >= 15 is 0 Å². The highest BCUT2D eigenvalue weighted by atomic mass is 19.1. The molecule has 2 N–H and O–H groups in total. The molecule has 0 unspecified atom stereocenters. The summed E-state index contributed by atoms with van der Waals surface area (Å²) in [6, 6.07) is 0. The zero-order chi connectivity index (χ0) is 11.5. The van der Waals surface area contributed by atoms with Crippen LogP contribution < -0.4 is 5.73 Å². The van der Waals surface area contributed by atoms with E-state index in [-0.39, 0.29) is 5.82 Å². The van der Waals surface area contributed by atoms with Crippen LogP contribution in [0.5, 0.6) is 0 Å². The molecule has 2 heterocycles. The molecule has 5 nitrogen and oxygen atoms in total. The molecule has 0 aliphatic heterocycles. The van der Waals surface area contributed by atoms with E-state index in [2.05, 4.69) is 15.0 Å². The van der Waals surface area contributed by atoms with E-state index in [0.29, 0.717) is 24.5 Å². The summed E-state index contributed by atoms with van der Waals surface area (Å²) in [6.45, 7) is 2.06. The fourth-order valence-electron chi connectivity index (χ4n) is 1.45. The second kappa shape index (κ2) is 4.36. The van der Waals surface area contributed by atoms with Crippen molar-refractivity contribution in [1.29, 1.82) is 0 Å². The summed E-state index contributed by atoms with van der Waals surface area (Å²) in [5.41, 5.74) is 5.77. The molecule has 0 aliphatic carbocycles. The Morgan fingerprint density at radius 1 is 1.38 bits per heavy atom. The van der Waals surface area contributed by atoms with E-state index in [0.717, 1.165) is 0 Å². The van der Waals surface area contributed by atoms with E-state index < -0.39 is 5.82 Å². The van der Waals surface area contributed by atoms with Crippen molar-refractivity contribution in [3.63, 3.8) is 0 Å². The van der Waals surface area contributed by atoms with Gasteiger partial charge in [-0.25, -0.2) is 19.3 Å². The number of rotatable bonds is 3. The molecule has 0 aromatic carbocycles. The topological polar surface area (TPSA) is 69.6 Å². The Balaban J connectivity index is 2.50. The summed E-state index contributed by atoms with van der Waals surface area (Å²) in [5, 5.41) is 0. The van der Waals surface area contributed by atoms with Gasteiger partial charge in [-0.1, -0.05) is 0 Å². The third kappa shape index (κ3) is 1.79. The first-order chi connectivity index (χ1) is 7.74. The molecule has 2 rings (SSSR count). The van der Waals surface area contributed by atoms with Crippen LogP contribution in [0, 0.1) is 12.7 Å². The number of hydrogen-bond donors (Lipinski definition) is 1. The predicted molar refractivity (Wildman–Crippen MR) is 56.6 cm³/mol. The minimum atomic E-state index is -0.432. The van der Waals surface area contributed by atoms with Crippen molar-refractivity contribution in [2.75, 3.05) is 6.54 Å². The van der Waals surface area contributed by atoms with Gasteiger partial charge in [0.25, 0.3) is 0 Å². The second-order valence-electron chi connectivity index (χ2n) is 3.35. The molecule has 6 heteroatoms. The number of imidazole rings is 1. The maximum absolute atomic E-state index is 13.8. The average molecular weight is 221 g/mol. The molecule has 0 spiro atoms. The van der Waals surface area contributed by atoms with Crippen LogP contribution in [0.15, 0.2) is 18.7 Å². The quantitative estimate of drug-likeness (QED) is 0.824. The first-order valence-electron chi connectivity index (χ1n) is 4.93. The zero-order valence-electron chi connectivity index (χ0n) is 8.89. The fourth-order valence-corrected chi connectivity index (χ4v) is 1.45. The molecule has 0 radical (unpaired) electrons. The summed E-state index contributed by atoms with van der Waals surface area (Å²) in [4.78, 5) is 11.8. The summed E-state index contributed by atoms with van der Waals surface area (Å²) < 4.78 is 15.4. The molecule has 0 aliphatic rings. The third-order valence-electron chi connectivity index (χ3n) is 2.26. The van der Waals surface area contributed by atoms with Crippen molar-refractivity contribution in [1.82, 2.24) is 19.5 Å². The highest BCUT2D eigenvalue weighted by Crippen LogP contribution is 2.13. The monoisotopic (exact) mass is 221 g/mol. The van der Waals surface area contributed by atoms with Crippen LogP contribution in [-0.2, 0) is 6.42 Å². The first-order valence-corrected chi connectivity index (χ1v) is 4.93. The Morgan fingerprint density at radius 3 is 2.94 bits per heavy atom. The SMILES string of the molecule is Cc1ncnc(-n2ccnc2CCN)c1F. The highest BCUT2D eigenvalue weighted by molar-refractivity contribution is 5.27. The van der Waals surface area contributed by atoms with Crippen LogP contribution in [-0.4, -0.2) is 26.1 Å². The lowest BCUT2D eigenvalue weighted by Crippen LogP contribution is -2.11. The molecule has 16 heavy (non-hydrogen) atoms. The van der Waals surface area contributed by atoms with Crippen molar-refractivity contribution in [2.24, 2.45) is 5.73 Å². The summed E-state index contributed by atoms with van der Waals surface area (Å²) >= 11 is 0. The van der Waals surface area contributed by atoms with Crippen molar-refractivity contribution in [2.45, 2.75) is 13.3 Å². The standard InChI is InChI=1S/C10H12FN5/c1-7-9(11)10(15-6-14-7)16-5-4-13-8(16)2-3-12/h4-6H,2-3,12H2,1H3. The number of aromatic nitrogens is 4. The highest BCUT2D eigenvalue weighted by Gasteiger charge is 2.12. The molecule has 0 bridgehead atoms. The number of hydrogen-bond acceptors (Lipinski definition) is 4. The Labute approximate surface area is 92.2 Å². The molecule has 0 saturated carbocycles. The maximum atomic E-state index is 13.8. The number of nitrogens with two attached hydrogens (primary N) is 1. The minimum absolute atomic E-state index is 0.216. The van der Waals surface area contributed by atoms with Gasteiger partial charge in [0.15, 0.2) is 11.6 Å². The first kappa shape index (κ1) is 10.7. The van der Waals surface area contributed by atoms with Crippen LogP contribution in [0.1, 0.15) is 11.5 Å². The van der Waals surface area contributed by atoms with E-state index in [1.165, 1.54) is 6.33 Å². The Hall–Kier alpha value is -1.82. The Bertz CT molecular complexity index is 494. The van der Waals surface area contributed by atoms with Crippen molar-refractivity contribution in [3.8, 4) is 5.82 Å². The van der Waals surface area contributed by atoms with E-state index in [9.17, 15) is 4.39 Å². The van der Waals surface area contributed by atoms with Gasteiger partial charge in [0.1, 0.15) is 12.2 Å². The molecule has 2 aromatic rings. The maximum Gasteiger partial charge on any atom is 0.187 e. The largest absolute Gasteiger partial charge is 0.330 e. The van der Waals surface area contributed by atoms with Gasteiger partial charge >= 0.3 is 0 Å². The summed E-state index contributed by atoms with van der Waals surface area (Å²) in [7, 11) is 0. The summed E-state index contributed by atoms with van der Waals surface area (Å²) in [6.07, 6.45) is 5.17. The normalized spacial score (nSPS) is 10.7. The van der Waals surface area contributed by atoms with E-state index in [1.54, 1.807) is 23.9 Å². The van der Waals surface area contributed by atoms with Crippen LogP contribution >= 0.6 is 0 Å². The average Bonchev–Trinajstić information content (AvgIpc) is 2.71. The zero-order valence-corrected chi connectivity index (χ0v) is 8.89. The second-order valence-corrected chi connectivity index (χ2v) is 3.35. The molecular formula is C10H12FN5. The Morgan fingerprint density at radius 2 is 2.19 bits per heavy atom. The van der Waals surface area contributed by atoms with Gasteiger partial charge in [-0.15, -0.1) is 0 Å². The lowest BCUT2D eigenvalue weighted by Gasteiger charge is -2.07. The van der Waals surface area contributed by atoms with Gasteiger partial charge < -0.3 is 5.73 Å². The van der Waals surface area contributed by atoms with Crippen LogP contribution in [0.2, 0.25) is 0 Å². The molecule has 84 valence electrons. The molecule has 0 fully saturated rings. The van der Waals surface area contributed by atoms with Gasteiger partial charge in [0, 0.05) is 18.8 Å². The molecule has 0 atom stereocenters. The number of halogens is 1. The van der Waals surface area contributed by atoms with Crippen LogP contribution in [0.25, 0.3) is 5.82 Å². The van der Waals surface area contributed by atoms with E-state index in [1.807, 2.05) is 0 Å². The number of nitrogens with zero attached hydrogens (tertiary/aromatic N) is 4. The van der Waals surface area contributed by atoms with E-state index in [4.69, 9.17) is 5.73 Å². The third-order valence-corrected chi connectivity index (χ3v) is 2.26. The van der Waals surface area contributed by atoms with Gasteiger partial charge in [0.2, 0.25) is 0 Å². The lowest BCUT2D eigenvalue weighted by atomic mass is 10.3. The molecule has 2 aromatic heterocycles. The smallest absolute Gasteiger partial charge is 0.187 e. The minimum Gasteiger partial charge on any atom is -0.330 e. The number of aryl methyl sites for hydroxylation is 1. The van der Waals surface area contributed by atoms with Crippen molar-refractivity contribution in [3.05, 3.63) is 36.1 Å². The molecule has 0 saturated heterocycles. The molecule has 0 amide bonds. The fraction of sp³-hybridized carbons (Fsp3) is 0.300. The van der Waals surface area contributed by atoms with Gasteiger partial charge in [-0.3, -0.25) is 4.57 Å². The Kier molecular flexibility index (Phi) is 2.91. The van der Waals surface area contributed by atoms with Gasteiger partial charge in [-0.05, 0) is 13.5 Å². The predicted octanol–water partition coefficient (Wildman–Crippen LogP) is 0.611. The van der Waals surface area contributed by atoms with Crippen molar-refractivity contribution >= 4 is 0 Å². The lowest BCUT2D eigenvalue weighted by molar-refractivity contribution is 0.586. The van der Waals surface area contributed by atoms with Crippen LogP contribution in [0.3, 0.4) is 0 Å². The van der Waals surface area contributed by atoms with Crippen LogP contribution in [0.4, 0.5) is 4.39 Å². The molecular weight excluding hydrogens is 209 g/mol.